The van der Waals surface area contributed by atoms with Crippen molar-refractivity contribution in [3.63, 3.8) is 0 Å². The number of hydrogen-bond acceptors (Lipinski definition) is 3. The number of amides is 1. The van der Waals surface area contributed by atoms with Crippen LogP contribution in [-0.4, -0.2) is 38.1 Å². The van der Waals surface area contributed by atoms with Crippen LogP contribution in [0.3, 0.4) is 0 Å². The van der Waals surface area contributed by atoms with Gasteiger partial charge in [-0.2, -0.15) is 0 Å². The molecular formula is C20H23FN3OS+. The van der Waals surface area contributed by atoms with E-state index in [0.717, 1.165) is 27.9 Å². The average molecular weight is 372 g/mol. The van der Waals surface area contributed by atoms with E-state index in [-0.39, 0.29) is 11.5 Å². The van der Waals surface area contributed by atoms with E-state index >= 15 is 0 Å². The van der Waals surface area contributed by atoms with Gasteiger partial charge >= 0.3 is 0 Å². The molecule has 0 spiro atoms. The summed E-state index contributed by atoms with van der Waals surface area (Å²) in [5.41, 5.74) is 3.23. The fourth-order valence-corrected chi connectivity index (χ4v) is 3.92. The van der Waals surface area contributed by atoms with Gasteiger partial charge in [0.25, 0.3) is 5.91 Å². The predicted molar refractivity (Wildman–Crippen MR) is 105 cm³/mol. The standard InChI is InChI=1S/C20H22FN3OS/c1-13-11-14(2)18-17(12-13)22-20(26-18)24(10-9-23(3)4)19(25)15-7-5-6-8-16(15)21/h5-8,11-12H,9-10H2,1-4H3/p+1. The lowest BCUT2D eigenvalue weighted by Gasteiger charge is -2.21. The second kappa shape index (κ2) is 7.51. The number of fused-ring (bicyclic) bond motifs is 1. The number of halogens is 1. The summed E-state index contributed by atoms with van der Waals surface area (Å²) < 4.78 is 15.2. The first-order valence-corrected chi connectivity index (χ1v) is 9.41. The van der Waals surface area contributed by atoms with Gasteiger partial charge in [-0.15, -0.1) is 0 Å². The molecule has 0 unspecified atom stereocenters. The molecule has 1 N–H and O–H groups in total. The second-order valence-electron chi connectivity index (χ2n) is 6.82. The third kappa shape index (κ3) is 3.76. The van der Waals surface area contributed by atoms with Crippen molar-refractivity contribution in [3.8, 4) is 0 Å². The maximum atomic E-state index is 14.2. The highest BCUT2D eigenvalue weighted by Gasteiger charge is 2.24. The van der Waals surface area contributed by atoms with Gasteiger partial charge < -0.3 is 4.90 Å². The molecular weight excluding hydrogens is 349 g/mol. The first-order valence-electron chi connectivity index (χ1n) is 8.60. The third-order valence-corrected chi connectivity index (χ3v) is 5.45. The van der Waals surface area contributed by atoms with Gasteiger partial charge in [0.15, 0.2) is 5.13 Å². The van der Waals surface area contributed by atoms with Crippen LogP contribution in [0.1, 0.15) is 21.5 Å². The molecule has 26 heavy (non-hydrogen) atoms. The minimum atomic E-state index is -0.507. The van der Waals surface area contributed by atoms with E-state index in [4.69, 9.17) is 0 Å². The zero-order valence-electron chi connectivity index (χ0n) is 15.5. The smallest absolute Gasteiger partial charge is 0.263 e. The van der Waals surface area contributed by atoms with Gasteiger partial charge in [0.05, 0.1) is 43.0 Å². The van der Waals surface area contributed by atoms with Crippen LogP contribution in [0.5, 0.6) is 0 Å². The van der Waals surface area contributed by atoms with Crippen LogP contribution in [-0.2, 0) is 0 Å². The molecule has 3 aromatic rings. The summed E-state index contributed by atoms with van der Waals surface area (Å²) in [6.45, 7) is 5.30. The number of carbonyl (C=O) groups excluding carboxylic acids is 1. The number of nitrogens with zero attached hydrogens (tertiary/aromatic N) is 2. The Bertz CT molecular complexity index is 951. The van der Waals surface area contributed by atoms with Crippen LogP contribution >= 0.6 is 11.3 Å². The van der Waals surface area contributed by atoms with E-state index in [1.807, 2.05) is 34.0 Å². The Kier molecular flexibility index (Phi) is 5.34. The quantitative estimate of drug-likeness (QED) is 0.748. The molecule has 1 amide bonds. The van der Waals surface area contributed by atoms with E-state index < -0.39 is 5.82 Å². The highest BCUT2D eigenvalue weighted by Crippen LogP contribution is 2.32. The fraction of sp³-hybridized carbons (Fsp3) is 0.300. The van der Waals surface area contributed by atoms with Crippen LogP contribution in [0.2, 0.25) is 0 Å². The Hall–Kier alpha value is -2.31. The monoisotopic (exact) mass is 372 g/mol. The molecule has 136 valence electrons. The van der Waals surface area contributed by atoms with Crippen molar-refractivity contribution >= 4 is 32.6 Å². The molecule has 0 saturated heterocycles. The van der Waals surface area contributed by atoms with Crippen molar-refractivity contribution < 1.29 is 14.1 Å². The van der Waals surface area contributed by atoms with E-state index in [0.29, 0.717) is 11.7 Å². The molecule has 1 heterocycles. The van der Waals surface area contributed by atoms with Gasteiger partial charge in [0.2, 0.25) is 0 Å². The van der Waals surface area contributed by atoms with Crippen molar-refractivity contribution in [2.75, 3.05) is 32.1 Å². The molecule has 0 saturated carbocycles. The molecule has 0 radical (unpaired) electrons. The number of carbonyl (C=O) groups is 1. The van der Waals surface area contributed by atoms with E-state index in [1.165, 1.54) is 28.4 Å². The van der Waals surface area contributed by atoms with Gasteiger partial charge in [-0.25, -0.2) is 9.37 Å². The first kappa shape index (κ1) is 18.5. The van der Waals surface area contributed by atoms with Crippen molar-refractivity contribution in [3.05, 3.63) is 58.9 Å². The van der Waals surface area contributed by atoms with E-state index in [9.17, 15) is 9.18 Å². The second-order valence-corrected chi connectivity index (χ2v) is 7.80. The fourth-order valence-electron chi connectivity index (χ4n) is 2.88. The van der Waals surface area contributed by atoms with Crippen LogP contribution in [0.15, 0.2) is 36.4 Å². The molecule has 0 fully saturated rings. The highest BCUT2D eigenvalue weighted by atomic mass is 32.1. The summed E-state index contributed by atoms with van der Waals surface area (Å²) in [6, 6.07) is 10.2. The first-order chi connectivity index (χ1) is 12.4. The van der Waals surface area contributed by atoms with Gasteiger partial charge in [0, 0.05) is 0 Å². The normalized spacial score (nSPS) is 11.3. The largest absolute Gasteiger partial charge is 0.338 e. The van der Waals surface area contributed by atoms with Crippen molar-refractivity contribution in [1.29, 1.82) is 0 Å². The van der Waals surface area contributed by atoms with Gasteiger partial charge in [0.1, 0.15) is 5.82 Å². The van der Waals surface area contributed by atoms with Crippen LogP contribution in [0.25, 0.3) is 10.2 Å². The molecule has 6 heteroatoms. The predicted octanol–water partition coefficient (Wildman–Crippen LogP) is 2.84. The van der Waals surface area contributed by atoms with Gasteiger partial charge in [-0.3, -0.25) is 9.69 Å². The maximum Gasteiger partial charge on any atom is 0.263 e. The minimum Gasteiger partial charge on any atom is -0.338 e. The van der Waals surface area contributed by atoms with Gasteiger partial charge in [-0.1, -0.05) is 29.5 Å². The molecule has 0 aliphatic carbocycles. The summed E-state index contributed by atoms with van der Waals surface area (Å²) >= 11 is 1.48. The number of benzene rings is 2. The molecule has 0 bridgehead atoms. The molecule has 0 atom stereocenters. The molecule has 4 nitrogen and oxygen atoms in total. The van der Waals surface area contributed by atoms with Crippen molar-refractivity contribution in [1.82, 2.24) is 4.98 Å². The Balaban J connectivity index is 2.05. The SMILES string of the molecule is Cc1cc(C)c2sc(N(CC[NH+](C)C)C(=O)c3ccccc3F)nc2c1. The summed E-state index contributed by atoms with van der Waals surface area (Å²) in [5, 5.41) is 0.614. The topological polar surface area (TPSA) is 37.6 Å². The summed E-state index contributed by atoms with van der Waals surface area (Å²) in [7, 11) is 4.05. The molecule has 3 rings (SSSR count). The lowest BCUT2D eigenvalue weighted by atomic mass is 10.1. The maximum absolute atomic E-state index is 14.2. The van der Waals surface area contributed by atoms with Gasteiger partial charge in [-0.05, 0) is 43.2 Å². The molecule has 0 aliphatic rings. The summed E-state index contributed by atoms with van der Waals surface area (Å²) in [4.78, 5) is 20.5. The number of aryl methyl sites for hydroxylation is 2. The number of aromatic nitrogens is 1. The lowest BCUT2D eigenvalue weighted by Crippen LogP contribution is -3.06. The number of anilines is 1. The Labute approximate surface area is 156 Å². The number of likely N-dealkylation sites (N-methyl/N-ethyl adjacent to an activating group) is 1. The molecule has 0 aliphatic heterocycles. The molecule has 2 aromatic carbocycles. The number of thiazole rings is 1. The Morgan fingerprint density at radius 1 is 1.23 bits per heavy atom. The van der Waals surface area contributed by atoms with Crippen LogP contribution in [0.4, 0.5) is 9.52 Å². The zero-order valence-corrected chi connectivity index (χ0v) is 16.3. The molecule has 1 aromatic heterocycles. The van der Waals surface area contributed by atoms with Crippen LogP contribution < -0.4 is 9.80 Å². The number of hydrogen-bond donors (Lipinski definition) is 1. The van der Waals surface area contributed by atoms with Crippen LogP contribution in [0, 0.1) is 19.7 Å². The van der Waals surface area contributed by atoms with E-state index in [1.54, 1.807) is 17.0 Å². The average Bonchev–Trinajstić information content (AvgIpc) is 2.99. The summed E-state index contributed by atoms with van der Waals surface area (Å²) in [5.74, 6) is -0.856. The van der Waals surface area contributed by atoms with Crippen molar-refractivity contribution in [2.45, 2.75) is 13.8 Å². The number of rotatable bonds is 5. The third-order valence-electron chi connectivity index (χ3n) is 4.22. The summed E-state index contributed by atoms with van der Waals surface area (Å²) in [6.07, 6.45) is 0. The minimum absolute atomic E-state index is 0.0772. The van der Waals surface area contributed by atoms with E-state index in [2.05, 4.69) is 11.1 Å². The van der Waals surface area contributed by atoms with Crippen molar-refractivity contribution in [2.24, 2.45) is 0 Å². The number of nitrogens with one attached hydrogen (secondary N) is 1. The highest BCUT2D eigenvalue weighted by molar-refractivity contribution is 7.22. The Morgan fingerprint density at radius 2 is 1.96 bits per heavy atom. The Morgan fingerprint density at radius 3 is 2.65 bits per heavy atom. The lowest BCUT2D eigenvalue weighted by molar-refractivity contribution is -0.856. The number of quaternary nitrogens is 1. The zero-order chi connectivity index (χ0) is 18.8.